The molecule has 0 radical (unpaired) electrons. The van der Waals surface area contributed by atoms with Crippen LogP contribution in [0.15, 0.2) is 0 Å². The topological polar surface area (TPSA) is 20.3 Å². The van der Waals surface area contributed by atoms with Crippen LogP contribution in [0.1, 0.15) is 32.6 Å². The van der Waals surface area contributed by atoms with E-state index in [4.69, 9.17) is 0 Å². The van der Waals surface area contributed by atoms with Gasteiger partial charge in [0.05, 0.1) is 0 Å². The van der Waals surface area contributed by atoms with Crippen molar-refractivity contribution in [1.82, 2.24) is 4.90 Å². The Labute approximate surface area is 86.1 Å². The van der Waals surface area contributed by atoms with Crippen molar-refractivity contribution in [2.24, 2.45) is 5.92 Å². The number of rotatable bonds is 2. The molecule has 0 aromatic rings. The first-order valence-corrected chi connectivity index (χ1v) is 5.59. The normalized spacial score (nSPS) is 28.5. The molecule has 1 fully saturated rings. The van der Waals surface area contributed by atoms with Crippen LogP contribution in [0.5, 0.6) is 0 Å². The van der Waals surface area contributed by atoms with E-state index in [-0.39, 0.29) is 5.92 Å². The highest BCUT2D eigenvalue weighted by molar-refractivity contribution is 7.80. The molecule has 0 spiro atoms. The molecule has 0 aromatic carbocycles. The van der Waals surface area contributed by atoms with E-state index >= 15 is 0 Å². The highest BCUT2D eigenvalue weighted by Crippen LogP contribution is 2.28. The van der Waals surface area contributed by atoms with E-state index in [1.54, 1.807) is 0 Å². The largest absolute Gasteiger partial charge is 0.346 e. The Bertz CT molecular complexity index is 176. The van der Waals surface area contributed by atoms with Gasteiger partial charge in [-0.2, -0.15) is 12.6 Å². The van der Waals surface area contributed by atoms with E-state index in [0.717, 1.165) is 32.2 Å². The second kappa shape index (κ2) is 4.89. The summed E-state index contributed by atoms with van der Waals surface area (Å²) in [5.74, 6) is 0.594. The van der Waals surface area contributed by atoms with Crippen molar-refractivity contribution in [1.29, 1.82) is 0 Å². The van der Waals surface area contributed by atoms with Crippen molar-refractivity contribution in [3.05, 3.63) is 0 Å². The van der Waals surface area contributed by atoms with Gasteiger partial charge in [0.1, 0.15) is 0 Å². The average Bonchev–Trinajstić information content (AvgIpc) is 2.17. The molecule has 1 amide bonds. The van der Waals surface area contributed by atoms with Gasteiger partial charge in [-0.3, -0.25) is 4.79 Å². The minimum atomic E-state index is 0.272. The number of nitrogens with zero attached hydrogens (tertiary/aromatic N) is 1. The van der Waals surface area contributed by atoms with Crippen LogP contribution in [0.2, 0.25) is 0 Å². The molecular weight excluding hydrogens is 182 g/mol. The maximum atomic E-state index is 11.7. The molecule has 0 atom stereocenters. The Morgan fingerprint density at radius 1 is 1.38 bits per heavy atom. The number of amides is 1. The van der Waals surface area contributed by atoms with E-state index < -0.39 is 0 Å². The Morgan fingerprint density at radius 2 is 1.92 bits per heavy atom. The molecule has 0 aliphatic heterocycles. The lowest BCUT2D eigenvalue weighted by molar-refractivity contribution is -0.134. The predicted molar refractivity (Wildman–Crippen MR) is 58.0 cm³/mol. The second-order valence-electron chi connectivity index (χ2n) is 3.86. The van der Waals surface area contributed by atoms with Crippen LogP contribution < -0.4 is 0 Å². The van der Waals surface area contributed by atoms with Crippen LogP contribution in [0.25, 0.3) is 0 Å². The summed E-state index contributed by atoms with van der Waals surface area (Å²) in [7, 11) is 1.88. The van der Waals surface area contributed by atoms with E-state index in [1.165, 1.54) is 0 Å². The van der Waals surface area contributed by atoms with Gasteiger partial charge in [-0.1, -0.05) is 0 Å². The maximum absolute atomic E-state index is 11.7. The first-order valence-electron chi connectivity index (χ1n) is 5.08. The zero-order chi connectivity index (χ0) is 9.84. The monoisotopic (exact) mass is 201 g/mol. The average molecular weight is 201 g/mol. The number of carbonyl (C=O) groups is 1. The third-order valence-corrected chi connectivity index (χ3v) is 3.41. The Hall–Kier alpha value is -0.180. The van der Waals surface area contributed by atoms with Gasteiger partial charge in [0.25, 0.3) is 0 Å². The molecule has 0 saturated heterocycles. The highest BCUT2D eigenvalue weighted by Gasteiger charge is 2.26. The lowest BCUT2D eigenvalue weighted by Crippen LogP contribution is -2.34. The van der Waals surface area contributed by atoms with Crippen LogP contribution in [0.3, 0.4) is 0 Å². The van der Waals surface area contributed by atoms with Gasteiger partial charge in [0, 0.05) is 24.8 Å². The minimum Gasteiger partial charge on any atom is -0.346 e. The molecule has 1 aliphatic rings. The molecule has 76 valence electrons. The van der Waals surface area contributed by atoms with E-state index in [1.807, 2.05) is 18.9 Å². The Kier molecular flexibility index (Phi) is 4.10. The minimum absolute atomic E-state index is 0.272. The molecule has 3 heteroatoms. The van der Waals surface area contributed by atoms with Gasteiger partial charge < -0.3 is 4.90 Å². The molecule has 1 rings (SSSR count). The molecule has 0 heterocycles. The number of carbonyl (C=O) groups excluding carboxylic acids is 1. The van der Waals surface area contributed by atoms with Gasteiger partial charge >= 0.3 is 0 Å². The quantitative estimate of drug-likeness (QED) is 0.677. The number of thiol groups is 1. The molecule has 2 nitrogen and oxygen atoms in total. The van der Waals surface area contributed by atoms with Crippen LogP contribution in [-0.4, -0.2) is 29.6 Å². The standard InChI is InChI=1S/C10H19NOS/c1-3-11(2)10(12)8-4-6-9(13)7-5-8/h8-9,13H,3-7H2,1-2H3. The van der Waals surface area contributed by atoms with E-state index in [9.17, 15) is 4.79 Å². The predicted octanol–water partition coefficient (Wildman–Crippen LogP) is 1.95. The fourth-order valence-corrected chi connectivity index (χ4v) is 2.09. The van der Waals surface area contributed by atoms with Crippen molar-refractivity contribution < 1.29 is 4.79 Å². The van der Waals surface area contributed by atoms with Gasteiger partial charge in [-0.05, 0) is 32.6 Å². The first-order chi connectivity index (χ1) is 6.15. The van der Waals surface area contributed by atoms with Crippen molar-refractivity contribution in [3.63, 3.8) is 0 Å². The van der Waals surface area contributed by atoms with E-state index in [2.05, 4.69) is 12.6 Å². The van der Waals surface area contributed by atoms with Crippen molar-refractivity contribution in [2.45, 2.75) is 37.9 Å². The fourth-order valence-electron chi connectivity index (χ4n) is 1.79. The molecule has 0 N–H and O–H groups in total. The van der Waals surface area contributed by atoms with Crippen molar-refractivity contribution >= 4 is 18.5 Å². The molecule has 0 unspecified atom stereocenters. The molecule has 13 heavy (non-hydrogen) atoms. The summed E-state index contributed by atoms with van der Waals surface area (Å²) in [5.41, 5.74) is 0. The summed E-state index contributed by atoms with van der Waals surface area (Å²) < 4.78 is 0. The maximum Gasteiger partial charge on any atom is 0.225 e. The zero-order valence-corrected chi connectivity index (χ0v) is 9.39. The first kappa shape index (κ1) is 10.9. The van der Waals surface area contributed by atoms with Crippen molar-refractivity contribution in [2.75, 3.05) is 13.6 Å². The molecule has 0 bridgehead atoms. The Balaban J connectivity index is 2.40. The fraction of sp³-hybridized carbons (Fsp3) is 0.900. The summed E-state index contributed by atoms with van der Waals surface area (Å²) in [6.45, 7) is 2.84. The molecular formula is C10H19NOS. The van der Waals surface area contributed by atoms with Gasteiger partial charge in [0.2, 0.25) is 5.91 Å². The van der Waals surface area contributed by atoms with E-state index in [0.29, 0.717) is 11.2 Å². The lowest BCUT2D eigenvalue weighted by Gasteiger charge is -2.28. The van der Waals surface area contributed by atoms with Crippen LogP contribution in [-0.2, 0) is 4.79 Å². The Morgan fingerprint density at radius 3 is 2.38 bits per heavy atom. The molecule has 1 saturated carbocycles. The summed E-state index contributed by atoms with van der Waals surface area (Å²) in [6, 6.07) is 0. The zero-order valence-electron chi connectivity index (χ0n) is 8.49. The van der Waals surface area contributed by atoms with Gasteiger partial charge in [0.15, 0.2) is 0 Å². The number of hydrogen-bond donors (Lipinski definition) is 1. The van der Waals surface area contributed by atoms with Crippen LogP contribution in [0.4, 0.5) is 0 Å². The second-order valence-corrected chi connectivity index (χ2v) is 4.59. The summed E-state index contributed by atoms with van der Waals surface area (Å²) in [4.78, 5) is 13.6. The SMILES string of the molecule is CCN(C)C(=O)C1CCC(S)CC1. The smallest absolute Gasteiger partial charge is 0.225 e. The van der Waals surface area contributed by atoms with Gasteiger partial charge in [-0.25, -0.2) is 0 Å². The van der Waals surface area contributed by atoms with Crippen LogP contribution >= 0.6 is 12.6 Å². The highest BCUT2D eigenvalue weighted by atomic mass is 32.1. The molecule has 0 aromatic heterocycles. The summed E-state index contributed by atoms with van der Waals surface area (Å²) >= 11 is 4.42. The van der Waals surface area contributed by atoms with Crippen LogP contribution in [0, 0.1) is 5.92 Å². The third-order valence-electron chi connectivity index (χ3n) is 2.90. The molecule has 1 aliphatic carbocycles. The third kappa shape index (κ3) is 2.90. The van der Waals surface area contributed by atoms with Gasteiger partial charge in [-0.15, -0.1) is 0 Å². The lowest BCUT2D eigenvalue weighted by atomic mass is 9.88. The summed E-state index contributed by atoms with van der Waals surface area (Å²) in [5, 5.41) is 0.524. The number of hydrogen-bond acceptors (Lipinski definition) is 2. The van der Waals surface area contributed by atoms with Crippen molar-refractivity contribution in [3.8, 4) is 0 Å². The summed E-state index contributed by atoms with van der Waals surface area (Å²) in [6.07, 6.45) is 4.24.